The molecule has 1 unspecified atom stereocenters. The van der Waals surface area contributed by atoms with Crippen molar-refractivity contribution in [1.29, 1.82) is 5.26 Å². The minimum atomic E-state index is -0.322. The topological polar surface area (TPSA) is 62.3 Å². The van der Waals surface area contributed by atoms with Gasteiger partial charge in [-0.15, -0.1) is 11.3 Å². The number of hydrogen-bond acceptors (Lipinski definition) is 5. The van der Waals surface area contributed by atoms with Crippen LogP contribution in [0.4, 0.5) is 0 Å². The number of hydrogen-bond donors (Lipinski definition) is 1. The molecule has 0 amide bonds. The first kappa shape index (κ1) is 18.7. The van der Waals surface area contributed by atoms with Crippen molar-refractivity contribution in [3.05, 3.63) is 87.1 Å². The number of aromatic nitrogens is 1. The lowest BCUT2D eigenvalue weighted by molar-refractivity contribution is 0.409. The smallest absolute Gasteiger partial charge is 0.195 e. The van der Waals surface area contributed by atoms with E-state index < -0.39 is 0 Å². The van der Waals surface area contributed by atoms with E-state index in [9.17, 15) is 5.26 Å². The number of methoxy groups -OCH3 is 1. The molecule has 2 heterocycles. The van der Waals surface area contributed by atoms with Gasteiger partial charge in [0.15, 0.2) is 5.70 Å². The number of rotatable bonds is 3. The molecule has 6 heteroatoms. The predicted octanol–water partition coefficient (Wildman–Crippen LogP) is 5.45. The van der Waals surface area contributed by atoms with E-state index in [-0.39, 0.29) is 5.92 Å². The largest absolute Gasteiger partial charge is 0.496 e. The van der Waals surface area contributed by atoms with Crippen LogP contribution < -0.4 is 10.1 Å². The molecule has 1 N–H and O–H groups in total. The standard InChI is InChI=1S/C23H18N4OS/c1-13-20(23-27-17-7-5-6-8-19(17)29-23)21(22(25-3)14(2)26-13)16-10-9-15(12-24)11-18(16)28-4/h5-11,21,26H,1-2,4H3. The summed E-state index contributed by atoms with van der Waals surface area (Å²) in [6, 6.07) is 15.5. The first-order valence-electron chi connectivity index (χ1n) is 9.07. The third-order valence-electron chi connectivity index (χ3n) is 5.04. The number of nitrogens with one attached hydrogen (secondary N) is 1. The number of fused-ring (bicyclic) bond motifs is 1. The van der Waals surface area contributed by atoms with Gasteiger partial charge in [0.2, 0.25) is 0 Å². The summed E-state index contributed by atoms with van der Waals surface area (Å²) in [4.78, 5) is 8.71. The van der Waals surface area contributed by atoms with Crippen LogP contribution >= 0.6 is 11.3 Å². The van der Waals surface area contributed by atoms with Crippen molar-refractivity contribution in [3.63, 3.8) is 0 Å². The zero-order chi connectivity index (χ0) is 20.5. The highest BCUT2D eigenvalue weighted by atomic mass is 32.1. The fourth-order valence-electron chi connectivity index (χ4n) is 3.72. The molecular weight excluding hydrogens is 380 g/mol. The Kier molecular flexibility index (Phi) is 4.80. The maximum absolute atomic E-state index is 9.26. The summed E-state index contributed by atoms with van der Waals surface area (Å²) in [5, 5.41) is 13.5. The summed E-state index contributed by atoms with van der Waals surface area (Å²) in [5.41, 5.74) is 5.66. The first-order chi connectivity index (χ1) is 14.1. The molecule has 0 spiro atoms. The summed E-state index contributed by atoms with van der Waals surface area (Å²) in [6.07, 6.45) is 0. The molecule has 0 radical (unpaired) electrons. The van der Waals surface area contributed by atoms with Gasteiger partial charge in [-0.2, -0.15) is 5.26 Å². The van der Waals surface area contributed by atoms with E-state index in [4.69, 9.17) is 16.3 Å². The fourth-order valence-corrected chi connectivity index (χ4v) is 4.82. The normalized spacial score (nSPS) is 16.4. The van der Waals surface area contributed by atoms with E-state index in [0.29, 0.717) is 17.0 Å². The highest BCUT2D eigenvalue weighted by Gasteiger charge is 2.34. The molecule has 1 aliphatic heterocycles. The van der Waals surface area contributed by atoms with Crippen LogP contribution in [0.25, 0.3) is 20.6 Å². The van der Waals surface area contributed by atoms with Crippen molar-refractivity contribution in [3.8, 4) is 11.8 Å². The molecule has 1 aromatic heterocycles. The predicted molar refractivity (Wildman–Crippen MR) is 115 cm³/mol. The average Bonchev–Trinajstić information content (AvgIpc) is 3.16. The molecule has 142 valence electrons. The molecule has 0 bridgehead atoms. The van der Waals surface area contributed by atoms with Crippen LogP contribution in [0.3, 0.4) is 0 Å². The van der Waals surface area contributed by atoms with Gasteiger partial charge in [-0.05, 0) is 43.7 Å². The zero-order valence-corrected chi connectivity index (χ0v) is 17.1. The van der Waals surface area contributed by atoms with Gasteiger partial charge < -0.3 is 10.1 Å². The Morgan fingerprint density at radius 1 is 1.21 bits per heavy atom. The molecule has 0 saturated carbocycles. The Bertz CT molecular complexity index is 1240. The lowest BCUT2D eigenvalue weighted by Crippen LogP contribution is -2.23. The minimum Gasteiger partial charge on any atom is -0.496 e. The quantitative estimate of drug-likeness (QED) is 0.596. The summed E-state index contributed by atoms with van der Waals surface area (Å²) in [5.74, 6) is 0.272. The SMILES string of the molecule is [C-]#[N+]C1=C(C)NC(C)=C(c2nc3ccccc3s2)C1c1ccc(C#N)cc1OC. The number of dihydropyridines is 1. The Morgan fingerprint density at radius 3 is 2.69 bits per heavy atom. The van der Waals surface area contributed by atoms with E-state index in [2.05, 4.69) is 22.3 Å². The monoisotopic (exact) mass is 398 g/mol. The first-order valence-corrected chi connectivity index (χ1v) is 9.89. The number of ether oxygens (including phenoxy) is 1. The maximum Gasteiger partial charge on any atom is 0.195 e. The number of benzene rings is 2. The number of nitriles is 1. The van der Waals surface area contributed by atoms with Gasteiger partial charge in [0.1, 0.15) is 10.8 Å². The number of para-hydroxylation sites is 1. The Hall–Kier alpha value is -3.61. The lowest BCUT2D eigenvalue weighted by atomic mass is 9.83. The molecule has 3 aromatic rings. The van der Waals surface area contributed by atoms with Crippen LogP contribution in [0.2, 0.25) is 0 Å². The van der Waals surface area contributed by atoms with Crippen molar-refractivity contribution in [2.24, 2.45) is 0 Å². The molecule has 0 fully saturated rings. The summed E-state index contributed by atoms with van der Waals surface area (Å²) in [6.45, 7) is 11.8. The summed E-state index contributed by atoms with van der Waals surface area (Å²) in [7, 11) is 1.59. The molecule has 1 atom stereocenters. The number of nitrogens with zero attached hydrogens (tertiary/aromatic N) is 3. The van der Waals surface area contributed by atoms with Crippen LogP contribution in [0.1, 0.15) is 35.9 Å². The van der Waals surface area contributed by atoms with Crippen molar-refractivity contribution in [2.75, 3.05) is 7.11 Å². The molecule has 2 aromatic carbocycles. The van der Waals surface area contributed by atoms with Gasteiger partial charge in [0, 0.05) is 17.0 Å². The van der Waals surface area contributed by atoms with Gasteiger partial charge in [-0.3, -0.25) is 0 Å². The van der Waals surface area contributed by atoms with Gasteiger partial charge in [-0.1, -0.05) is 18.2 Å². The highest BCUT2D eigenvalue weighted by molar-refractivity contribution is 7.19. The van der Waals surface area contributed by atoms with Gasteiger partial charge in [-0.25, -0.2) is 9.83 Å². The summed E-state index contributed by atoms with van der Waals surface area (Å²) < 4.78 is 6.71. The van der Waals surface area contributed by atoms with Crippen LogP contribution in [-0.2, 0) is 0 Å². The molecule has 1 aliphatic rings. The second-order valence-electron chi connectivity index (χ2n) is 6.77. The third kappa shape index (κ3) is 3.14. The summed E-state index contributed by atoms with van der Waals surface area (Å²) >= 11 is 1.61. The maximum atomic E-state index is 9.26. The van der Waals surface area contributed by atoms with E-state index in [0.717, 1.165) is 37.8 Å². The molecule has 0 aliphatic carbocycles. The Balaban J connectivity index is 1.97. The van der Waals surface area contributed by atoms with Crippen molar-refractivity contribution in [2.45, 2.75) is 19.8 Å². The molecule has 0 saturated heterocycles. The van der Waals surface area contributed by atoms with E-state index in [1.807, 2.05) is 38.1 Å². The van der Waals surface area contributed by atoms with Crippen molar-refractivity contribution >= 4 is 27.1 Å². The highest BCUT2D eigenvalue weighted by Crippen LogP contribution is 2.48. The number of allylic oxidation sites excluding steroid dienone is 3. The van der Waals surface area contributed by atoms with Gasteiger partial charge >= 0.3 is 0 Å². The lowest BCUT2D eigenvalue weighted by Gasteiger charge is -2.29. The van der Waals surface area contributed by atoms with Crippen LogP contribution in [0, 0.1) is 17.9 Å². The van der Waals surface area contributed by atoms with Gasteiger partial charge in [0.05, 0.1) is 41.4 Å². The molecule has 4 rings (SSSR count). The van der Waals surface area contributed by atoms with E-state index in [1.54, 1.807) is 30.6 Å². The van der Waals surface area contributed by atoms with Crippen molar-refractivity contribution in [1.82, 2.24) is 10.3 Å². The molecule has 5 nitrogen and oxygen atoms in total. The average molecular weight is 398 g/mol. The molecular formula is C23H18N4OS. The molecule has 29 heavy (non-hydrogen) atoms. The fraction of sp³-hybridized carbons (Fsp3) is 0.174. The van der Waals surface area contributed by atoms with Gasteiger partial charge in [0.25, 0.3) is 0 Å². The Labute approximate surface area is 173 Å². The third-order valence-corrected chi connectivity index (χ3v) is 6.11. The van der Waals surface area contributed by atoms with Crippen LogP contribution in [-0.4, -0.2) is 12.1 Å². The minimum absolute atomic E-state index is 0.322. The van der Waals surface area contributed by atoms with Crippen molar-refractivity contribution < 1.29 is 4.74 Å². The Morgan fingerprint density at radius 2 is 2.00 bits per heavy atom. The van der Waals surface area contributed by atoms with Crippen LogP contribution in [0.15, 0.2) is 59.6 Å². The van der Waals surface area contributed by atoms with E-state index in [1.165, 1.54) is 0 Å². The number of thiazole rings is 1. The van der Waals surface area contributed by atoms with E-state index >= 15 is 0 Å². The zero-order valence-electron chi connectivity index (χ0n) is 16.3. The second-order valence-corrected chi connectivity index (χ2v) is 7.80. The second kappa shape index (κ2) is 7.43. The van der Waals surface area contributed by atoms with Crippen LogP contribution in [0.5, 0.6) is 5.75 Å².